The zero-order chi connectivity index (χ0) is 22.3. The Labute approximate surface area is 189 Å². The maximum atomic E-state index is 13.2. The van der Waals surface area contributed by atoms with Gasteiger partial charge in [-0.15, -0.1) is 0 Å². The molecule has 0 saturated carbocycles. The van der Waals surface area contributed by atoms with Gasteiger partial charge < -0.3 is 10.2 Å². The van der Waals surface area contributed by atoms with E-state index in [1.54, 1.807) is 12.1 Å². The van der Waals surface area contributed by atoms with E-state index < -0.39 is 17.6 Å². The van der Waals surface area contributed by atoms with Crippen molar-refractivity contribution in [3.05, 3.63) is 77.1 Å². The SMILES string of the molecule is Cc1ccc(C(=O)Nc2cnn3c2C(=O)N(c2ccc(C(F)(F)F)cc2)C[C@@H]3C)cc1.S. The number of fused-ring (bicyclic) bond motifs is 1. The van der Waals surface area contributed by atoms with E-state index in [1.165, 1.54) is 27.9 Å². The summed E-state index contributed by atoms with van der Waals surface area (Å²) in [5.74, 6) is -0.836. The summed E-state index contributed by atoms with van der Waals surface area (Å²) in [6.45, 7) is 3.99. The third-order valence-electron chi connectivity index (χ3n) is 5.18. The molecule has 1 atom stereocenters. The average molecular weight is 462 g/mol. The van der Waals surface area contributed by atoms with Crippen LogP contribution in [0.2, 0.25) is 0 Å². The molecule has 4 rings (SSSR count). The number of nitrogens with zero attached hydrogens (tertiary/aromatic N) is 3. The van der Waals surface area contributed by atoms with Crippen molar-refractivity contribution in [1.29, 1.82) is 0 Å². The molecule has 1 aliphatic rings. The lowest BCUT2D eigenvalue weighted by molar-refractivity contribution is -0.137. The van der Waals surface area contributed by atoms with E-state index in [2.05, 4.69) is 10.4 Å². The van der Waals surface area contributed by atoms with Gasteiger partial charge in [0.15, 0.2) is 5.69 Å². The Hall–Kier alpha value is -3.27. The van der Waals surface area contributed by atoms with Crippen LogP contribution in [0.15, 0.2) is 54.7 Å². The highest BCUT2D eigenvalue weighted by molar-refractivity contribution is 7.59. The second-order valence-electron chi connectivity index (χ2n) is 7.48. The van der Waals surface area contributed by atoms with Gasteiger partial charge in [-0.1, -0.05) is 17.7 Å². The third-order valence-corrected chi connectivity index (χ3v) is 5.18. The van der Waals surface area contributed by atoms with E-state index in [0.29, 0.717) is 11.3 Å². The molecule has 1 aromatic heterocycles. The Morgan fingerprint density at radius 2 is 1.72 bits per heavy atom. The van der Waals surface area contributed by atoms with Crippen molar-refractivity contribution in [2.45, 2.75) is 26.1 Å². The van der Waals surface area contributed by atoms with E-state index in [-0.39, 0.29) is 43.4 Å². The number of amides is 2. The number of benzene rings is 2. The summed E-state index contributed by atoms with van der Waals surface area (Å²) in [5.41, 5.74) is 1.42. The summed E-state index contributed by atoms with van der Waals surface area (Å²) in [6, 6.07) is 11.2. The largest absolute Gasteiger partial charge is 0.416 e. The van der Waals surface area contributed by atoms with Crippen molar-refractivity contribution in [2.24, 2.45) is 0 Å². The number of aryl methyl sites for hydroxylation is 1. The summed E-state index contributed by atoms with van der Waals surface area (Å²) >= 11 is 0. The third kappa shape index (κ3) is 4.36. The van der Waals surface area contributed by atoms with Gasteiger partial charge in [-0.3, -0.25) is 14.3 Å². The zero-order valence-electron chi connectivity index (χ0n) is 17.3. The normalized spacial score (nSPS) is 15.7. The molecule has 3 aromatic rings. The minimum atomic E-state index is -4.45. The highest BCUT2D eigenvalue weighted by Gasteiger charge is 2.35. The summed E-state index contributed by atoms with van der Waals surface area (Å²) in [7, 11) is 0. The Kier molecular flexibility index (Phi) is 6.36. The van der Waals surface area contributed by atoms with E-state index in [9.17, 15) is 22.8 Å². The highest BCUT2D eigenvalue weighted by Crippen LogP contribution is 2.33. The molecule has 10 heteroatoms. The van der Waals surface area contributed by atoms with Crippen LogP contribution in [0.3, 0.4) is 0 Å². The molecule has 2 aromatic carbocycles. The number of alkyl halides is 3. The van der Waals surface area contributed by atoms with Crippen LogP contribution in [0.4, 0.5) is 24.5 Å². The summed E-state index contributed by atoms with van der Waals surface area (Å²) in [5, 5.41) is 6.95. The number of halogens is 3. The van der Waals surface area contributed by atoms with Crippen molar-refractivity contribution in [3.8, 4) is 0 Å². The smallest absolute Gasteiger partial charge is 0.319 e. The van der Waals surface area contributed by atoms with Gasteiger partial charge in [0.2, 0.25) is 0 Å². The monoisotopic (exact) mass is 462 g/mol. The van der Waals surface area contributed by atoms with Gasteiger partial charge in [-0.2, -0.15) is 31.8 Å². The summed E-state index contributed by atoms with van der Waals surface area (Å²) in [4.78, 5) is 27.2. The lowest BCUT2D eigenvalue weighted by Crippen LogP contribution is -2.43. The predicted molar refractivity (Wildman–Crippen MR) is 120 cm³/mol. The summed E-state index contributed by atoms with van der Waals surface area (Å²) in [6.07, 6.45) is -3.05. The van der Waals surface area contributed by atoms with Crippen molar-refractivity contribution >= 4 is 36.7 Å². The highest BCUT2D eigenvalue weighted by atomic mass is 32.1. The molecule has 32 heavy (non-hydrogen) atoms. The van der Waals surface area contributed by atoms with Crippen LogP contribution >= 0.6 is 13.5 Å². The maximum Gasteiger partial charge on any atom is 0.416 e. The second kappa shape index (κ2) is 8.70. The first kappa shape index (κ1) is 23.4. The molecule has 1 N–H and O–H groups in total. The fourth-order valence-electron chi connectivity index (χ4n) is 3.51. The van der Waals surface area contributed by atoms with E-state index in [0.717, 1.165) is 17.7 Å². The molecular formula is C22H21F3N4O2S. The van der Waals surface area contributed by atoms with Crippen LogP contribution in [0.1, 0.15) is 44.9 Å². The molecular weight excluding hydrogens is 441 g/mol. The molecule has 1 aliphatic heterocycles. The van der Waals surface area contributed by atoms with Gasteiger partial charge in [-0.25, -0.2) is 0 Å². The molecule has 2 heterocycles. The van der Waals surface area contributed by atoms with Gasteiger partial charge in [0, 0.05) is 17.8 Å². The molecule has 168 valence electrons. The molecule has 2 amide bonds. The standard InChI is InChI=1S/C22H19F3N4O2.H2S/c1-13-3-5-15(6-4-13)20(30)27-18-11-26-29-14(2)12-28(21(31)19(18)29)17-9-7-16(8-10-17)22(23,24)25;/h3-11,14H,12H2,1-2H3,(H,27,30);1H2/t14-;/m0./s1. The number of rotatable bonds is 3. The number of anilines is 2. The average Bonchev–Trinajstić information content (AvgIpc) is 3.15. The van der Waals surface area contributed by atoms with Crippen molar-refractivity contribution in [3.63, 3.8) is 0 Å². The van der Waals surface area contributed by atoms with Crippen molar-refractivity contribution in [1.82, 2.24) is 9.78 Å². The fourth-order valence-corrected chi connectivity index (χ4v) is 3.51. The lowest BCUT2D eigenvalue weighted by atomic mass is 10.1. The molecule has 0 radical (unpaired) electrons. The second-order valence-corrected chi connectivity index (χ2v) is 7.48. The van der Waals surface area contributed by atoms with Crippen LogP contribution in [-0.2, 0) is 6.18 Å². The van der Waals surface area contributed by atoms with Crippen LogP contribution < -0.4 is 10.2 Å². The minimum absolute atomic E-state index is 0. The number of nitrogens with one attached hydrogen (secondary N) is 1. The number of aromatic nitrogens is 2. The van der Waals surface area contributed by atoms with Gasteiger partial charge >= 0.3 is 6.18 Å². The van der Waals surface area contributed by atoms with Gasteiger partial charge in [-0.05, 0) is 50.2 Å². The van der Waals surface area contributed by atoms with Crippen molar-refractivity contribution < 1.29 is 22.8 Å². The first-order valence-corrected chi connectivity index (χ1v) is 9.60. The Balaban J connectivity index is 0.00000289. The topological polar surface area (TPSA) is 67.2 Å². The number of carbonyl (C=O) groups excluding carboxylic acids is 2. The molecule has 0 spiro atoms. The Morgan fingerprint density at radius 1 is 1.09 bits per heavy atom. The lowest BCUT2D eigenvalue weighted by Gasteiger charge is -2.32. The van der Waals surface area contributed by atoms with Gasteiger partial charge in [0.25, 0.3) is 11.8 Å². The number of carbonyl (C=O) groups is 2. The Morgan fingerprint density at radius 3 is 2.31 bits per heavy atom. The molecule has 0 aliphatic carbocycles. The zero-order valence-corrected chi connectivity index (χ0v) is 18.3. The first-order valence-electron chi connectivity index (χ1n) is 9.60. The fraction of sp³-hybridized carbons (Fsp3) is 0.227. The van der Waals surface area contributed by atoms with E-state index >= 15 is 0 Å². The van der Waals surface area contributed by atoms with Crippen LogP contribution in [0.25, 0.3) is 0 Å². The van der Waals surface area contributed by atoms with Gasteiger partial charge in [0.05, 0.1) is 23.5 Å². The maximum absolute atomic E-state index is 13.2. The molecule has 0 unspecified atom stereocenters. The predicted octanol–water partition coefficient (Wildman–Crippen LogP) is 4.80. The minimum Gasteiger partial charge on any atom is -0.319 e. The Bertz CT molecular complexity index is 1140. The van der Waals surface area contributed by atoms with Crippen molar-refractivity contribution in [2.75, 3.05) is 16.8 Å². The van der Waals surface area contributed by atoms with E-state index in [4.69, 9.17) is 0 Å². The quantitative estimate of drug-likeness (QED) is 0.608. The number of hydrogen-bond acceptors (Lipinski definition) is 3. The molecule has 0 saturated heterocycles. The van der Waals surface area contributed by atoms with Crippen LogP contribution in [0, 0.1) is 6.92 Å². The molecule has 0 fully saturated rings. The summed E-state index contributed by atoms with van der Waals surface area (Å²) < 4.78 is 40.1. The molecule has 0 bridgehead atoms. The van der Waals surface area contributed by atoms with Gasteiger partial charge in [0.1, 0.15) is 0 Å². The number of hydrogen-bond donors (Lipinski definition) is 1. The van der Waals surface area contributed by atoms with E-state index in [1.807, 2.05) is 26.0 Å². The molecule has 6 nitrogen and oxygen atoms in total. The van der Waals surface area contributed by atoms with Crippen LogP contribution in [-0.4, -0.2) is 28.1 Å². The first-order chi connectivity index (χ1) is 14.6. The van der Waals surface area contributed by atoms with Crippen LogP contribution in [0.5, 0.6) is 0 Å².